The Balaban J connectivity index is 2.32. The van der Waals surface area contributed by atoms with Gasteiger partial charge < -0.3 is 9.67 Å². The number of hydrogen-bond donors (Lipinski definition) is 1. The van der Waals surface area contributed by atoms with Crippen molar-refractivity contribution in [3.8, 4) is 17.1 Å². The van der Waals surface area contributed by atoms with Gasteiger partial charge >= 0.3 is 0 Å². The molecule has 0 aliphatic heterocycles. The first kappa shape index (κ1) is 15.0. The van der Waals surface area contributed by atoms with Crippen LogP contribution in [-0.4, -0.2) is 19.6 Å². The summed E-state index contributed by atoms with van der Waals surface area (Å²) in [6.07, 6.45) is 2.76. The molecule has 3 aromatic rings. The zero-order chi connectivity index (χ0) is 15.0. The predicted octanol–water partition coefficient (Wildman–Crippen LogP) is 4.42. The third kappa shape index (κ3) is 2.75. The number of aromatic nitrogens is 3. The van der Waals surface area contributed by atoms with E-state index in [9.17, 15) is 5.11 Å². The fraction of sp³-hybridized carbons (Fsp3) is 0.200. The monoisotopic (exact) mass is 505 g/mol. The number of phenolic OH excluding ortho intramolecular Hbond substituents is 1. The molecule has 108 valence electrons. The second-order valence-corrected chi connectivity index (χ2v) is 7.12. The van der Waals surface area contributed by atoms with Crippen LogP contribution in [0.1, 0.15) is 13.3 Å². The Morgan fingerprint density at radius 3 is 2.86 bits per heavy atom. The van der Waals surface area contributed by atoms with Gasteiger partial charge in [0.05, 0.1) is 9.13 Å². The van der Waals surface area contributed by atoms with Crippen LogP contribution >= 0.6 is 45.2 Å². The van der Waals surface area contributed by atoms with E-state index in [1.54, 1.807) is 6.20 Å². The van der Waals surface area contributed by atoms with Crippen molar-refractivity contribution in [2.24, 2.45) is 0 Å². The number of halogens is 2. The molecule has 0 amide bonds. The SMILES string of the molecule is CCCn1c(-c2cc(I)cc(I)c2O)nc2cccnc21. The van der Waals surface area contributed by atoms with Crippen molar-refractivity contribution in [1.29, 1.82) is 0 Å². The molecule has 0 spiro atoms. The fourth-order valence-electron chi connectivity index (χ4n) is 2.34. The van der Waals surface area contributed by atoms with Crippen molar-refractivity contribution < 1.29 is 5.11 Å². The first-order valence-electron chi connectivity index (χ1n) is 6.61. The van der Waals surface area contributed by atoms with Crippen LogP contribution in [0.3, 0.4) is 0 Å². The van der Waals surface area contributed by atoms with E-state index in [1.807, 2.05) is 24.3 Å². The highest BCUT2D eigenvalue weighted by Gasteiger charge is 2.18. The molecule has 4 nitrogen and oxygen atoms in total. The minimum absolute atomic E-state index is 0.281. The summed E-state index contributed by atoms with van der Waals surface area (Å²) >= 11 is 4.40. The third-order valence-electron chi connectivity index (χ3n) is 3.22. The molecule has 0 fully saturated rings. The summed E-state index contributed by atoms with van der Waals surface area (Å²) in [5.41, 5.74) is 2.48. The van der Waals surface area contributed by atoms with Crippen molar-refractivity contribution in [3.63, 3.8) is 0 Å². The van der Waals surface area contributed by atoms with Crippen LogP contribution in [0.2, 0.25) is 0 Å². The zero-order valence-electron chi connectivity index (χ0n) is 11.3. The van der Waals surface area contributed by atoms with E-state index in [4.69, 9.17) is 0 Å². The average molecular weight is 505 g/mol. The van der Waals surface area contributed by atoms with Gasteiger partial charge in [-0.1, -0.05) is 6.92 Å². The number of phenols is 1. The molecule has 0 radical (unpaired) electrons. The lowest BCUT2D eigenvalue weighted by atomic mass is 10.2. The topological polar surface area (TPSA) is 50.9 Å². The van der Waals surface area contributed by atoms with Crippen LogP contribution in [0.25, 0.3) is 22.6 Å². The van der Waals surface area contributed by atoms with E-state index >= 15 is 0 Å². The van der Waals surface area contributed by atoms with Gasteiger partial charge in [0.2, 0.25) is 0 Å². The van der Waals surface area contributed by atoms with Gasteiger partial charge in [0.25, 0.3) is 0 Å². The van der Waals surface area contributed by atoms with E-state index in [0.717, 1.165) is 42.7 Å². The molecule has 3 rings (SSSR count). The highest BCUT2D eigenvalue weighted by molar-refractivity contribution is 14.1. The molecular formula is C15H13I2N3O. The van der Waals surface area contributed by atoms with Gasteiger partial charge in [0, 0.05) is 16.3 Å². The molecule has 0 atom stereocenters. The number of fused-ring (bicyclic) bond motifs is 1. The predicted molar refractivity (Wildman–Crippen MR) is 100 cm³/mol. The van der Waals surface area contributed by atoms with Crippen LogP contribution in [-0.2, 0) is 6.54 Å². The van der Waals surface area contributed by atoms with E-state index in [0.29, 0.717) is 0 Å². The van der Waals surface area contributed by atoms with Gasteiger partial charge in [-0.2, -0.15) is 0 Å². The Morgan fingerprint density at radius 2 is 2.10 bits per heavy atom. The molecule has 21 heavy (non-hydrogen) atoms. The van der Waals surface area contributed by atoms with Gasteiger partial charge in [-0.25, -0.2) is 9.97 Å². The zero-order valence-corrected chi connectivity index (χ0v) is 15.7. The normalized spacial score (nSPS) is 11.2. The number of benzene rings is 1. The molecule has 0 bridgehead atoms. The molecule has 0 saturated carbocycles. The third-order valence-corrected chi connectivity index (χ3v) is 4.67. The summed E-state index contributed by atoms with van der Waals surface area (Å²) in [4.78, 5) is 9.11. The molecule has 1 aromatic carbocycles. The second-order valence-electron chi connectivity index (χ2n) is 4.72. The Morgan fingerprint density at radius 1 is 1.29 bits per heavy atom. The van der Waals surface area contributed by atoms with Crippen LogP contribution in [0, 0.1) is 7.14 Å². The lowest BCUT2D eigenvalue weighted by Crippen LogP contribution is -2.01. The maximum Gasteiger partial charge on any atom is 0.160 e. The lowest BCUT2D eigenvalue weighted by Gasteiger charge is -2.10. The summed E-state index contributed by atoms with van der Waals surface area (Å²) in [6.45, 7) is 2.95. The fourth-order valence-corrected chi connectivity index (χ4v) is 4.18. The van der Waals surface area contributed by atoms with Crippen LogP contribution in [0.4, 0.5) is 0 Å². The van der Waals surface area contributed by atoms with E-state index in [1.165, 1.54) is 0 Å². The van der Waals surface area contributed by atoms with Gasteiger partial charge in [0.1, 0.15) is 17.1 Å². The van der Waals surface area contributed by atoms with Gasteiger partial charge in [-0.15, -0.1) is 0 Å². The Hall–Kier alpha value is -0.900. The van der Waals surface area contributed by atoms with Crippen molar-refractivity contribution in [2.75, 3.05) is 0 Å². The van der Waals surface area contributed by atoms with Crippen LogP contribution in [0.5, 0.6) is 5.75 Å². The molecule has 2 heterocycles. The molecule has 2 aromatic heterocycles. The van der Waals surface area contributed by atoms with Crippen LogP contribution < -0.4 is 0 Å². The van der Waals surface area contributed by atoms with Crippen molar-refractivity contribution in [3.05, 3.63) is 37.6 Å². The average Bonchev–Trinajstić information content (AvgIpc) is 2.82. The van der Waals surface area contributed by atoms with Gasteiger partial charge in [-0.05, 0) is 75.9 Å². The standard InChI is InChI=1S/C15H13I2N3O/c1-2-6-20-14(19-12-4-3-5-18-15(12)20)10-7-9(16)8-11(17)13(10)21/h3-5,7-8,21H,2,6H2,1H3. The van der Waals surface area contributed by atoms with Gasteiger partial charge in [0.15, 0.2) is 5.65 Å². The minimum Gasteiger partial charge on any atom is -0.506 e. The number of nitrogens with zero attached hydrogens (tertiary/aromatic N) is 3. The smallest absolute Gasteiger partial charge is 0.160 e. The number of pyridine rings is 1. The molecule has 6 heteroatoms. The lowest BCUT2D eigenvalue weighted by molar-refractivity contribution is 0.472. The second kappa shape index (κ2) is 6.07. The number of aryl methyl sites for hydroxylation is 1. The van der Waals surface area contributed by atoms with E-state index in [2.05, 4.69) is 66.6 Å². The van der Waals surface area contributed by atoms with Crippen LogP contribution in [0.15, 0.2) is 30.5 Å². The quantitative estimate of drug-likeness (QED) is 0.537. The number of rotatable bonds is 3. The van der Waals surface area contributed by atoms with Crippen molar-refractivity contribution in [2.45, 2.75) is 19.9 Å². The van der Waals surface area contributed by atoms with Crippen molar-refractivity contribution in [1.82, 2.24) is 14.5 Å². The summed E-state index contributed by atoms with van der Waals surface area (Å²) in [7, 11) is 0. The summed E-state index contributed by atoms with van der Waals surface area (Å²) in [5.74, 6) is 1.06. The van der Waals surface area contributed by atoms with E-state index < -0.39 is 0 Å². The van der Waals surface area contributed by atoms with E-state index in [-0.39, 0.29) is 5.75 Å². The minimum atomic E-state index is 0.281. The first-order chi connectivity index (χ1) is 10.1. The van der Waals surface area contributed by atoms with Crippen molar-refractivity contribution >= 4 is 56.3 Å². The summed E-state index contributed by atoms with van der Waals surface area (Å²) < 4.78 is 3.99. The molecule has 0 aliphatic carbocycles. The summed E-state index contributed by atoms with van der Waals surface area (Å²) in [6, 6.07) is 7.75. The number of hydrogen-bond acceptors (Lipinski definition) is 3. The Kier molecular flexibility index (Phi) is 4.34. The summed E-state index contributed by atoms with van der Waals surface area (Å²) in [5, 5.41) is 10.4. The molecule has 0 saturated heterocycles. The Bertz CT molecular complexity index is 814. The largest absolute Gasteiger partial charge is 0.506 e. The Labute approximate surface area is 149 Å². The highest BCUT2D eigenvalue weighted by Crippen LogP contribution is 2.35. The first-order valence-corrected chi connectivity index (χ1v) is 8.77. The number of aromatic hydroxyl groups is 1. The van der Waals surface area contributed by atoms with Gasteiger partial charge in [-0.3, -0.25) is 0 Å². The molecule has 0 aliphatic rings. The highest BCUT2D eigenvalue weighted by atomic mass is 127. The maximum absolute atomic E-state index is 10.4. The maximum atomic E-state index is 10.4. The number of imidazole rings is 1. The molecular weight excluding hydrogens is 492 g/mol. The molecule has 1 N–H and O–H groups in total. The molecule has 0 unspecified atom stereocenters.